The van der Waals surface area contributed by atoms with Gasteiger partial charge in [0.15, 0.2) is 0 Å². The molecule has 1 aromatic carbocycles. The molecule has 0 spiro atoms. The molecule has 1 unspecified atom stereocenters. The van der Waals surface area contributed by atoms with Crippen LogP contribution in [-0.4, -0.2) is 30.1 Å². The van der Waals surface area contributed by atoms with E-state index in [1.807, 2.05) is 0 Å². The van der Waals surface area contributed by atoms with E-state index < -0.39 is 23.8 Å². The van der Waals surface area contributed by atoms with Gasteiger partial charge in [-0.05, 0) is 36.6 Å². The summed E-state index contributed by atoms with van der Waals surface area (Å²) < 4.78 is 52.4. The van der Waals surface area contributed by atoms with Gasteiger partial charge in [-0.15, -0.1) is 0 Å². The zero-order chi connectivity index (χ0) is 15.6. The first-order valence-corrected chi connectivity index (χ1v) is 7.35. The number of alkyl halides is 3. The Morgan fingerprint density at radius 1 is 1.38 bits per heavy atom. The lowest BCUT2D eigenvalue weighted by Gasteiger charge is -2.33. The van der Waals surface area contributed by atoms with E-state index in [2.05, 4.69) is 15.9 Å². The van der Waals surface area contributed by atoms with Crippen molar-refractivity contribution < 1.29 is 22.4 Å². The average Bonchev–Trinajstić information content (AvgIpc) is 2.42. The van der Waals surface area contributed by atoms with Crippen molar-refractivity contribution >= 4 is 21.8 Å². The molecule has 0 bridgehead atoms. The quantitative estimate of drug-likeness (QED) is 0.725. The van der Waals surface area contributed by atoms with Crippen LogP contribution in [0.15, 0.2) is 22.7 Å². The van der Waals surface area contributed by atoms with Crippen molar-refractivity contribution in [3.63, 3.8) is 0 Å². The summed E-state index contributed by atoms with van der Waals surface area (Å²) in [6, 6.07) is 4.20. The van der Waals surface area contributed by atoms with E-state index in [9.17, 15) is 22.4 Å². The Hall–Kier alpha value is -1.11. The number of benzene rings is 1. The Balaban J connectivity index is 2.04. The standard InChI is InChI=1S/C14H14BrF4NO/c15-11-3-4-12(16)9(6-11)7-13(21)20-5-1-2-10(8-20)14(17,18)19/h3-4,6,10H,1-2,5,7-8H2. The number of amides is 1. The van der Waals surface area contributed by atoms with Crippen molar-refractivity contribution in [1.82, 2.24) is 4.90 Å². The average molecular weight is 368 g/mol. The topological polar surface area (TPSA) is 20.3 Å². The summed E-state index contributed by atoms with van der Waals surface area (Å²) in [5, 5.41) is 0. The van der Waals surface area contributed by atoms with Crippen molar-refractivity contribution in [3.8, 4) is 0 Å². The maximum atomic E-state index is 13.6. The minimum absolute atomic E-state index is 0.0402. The maximum absolute atomic E-state index is 13.6. The van der Waals surface area contributed by atoms with E-state index in [1.165, 1.54) is 23.1 Å². The molecule has 2 rings (SSSR count). The van der Waals surface area contributed by atoms with E-state index in [0.717, 1.165) is 0 Å². The molecule has 1 aliphatic rings. The van der Waals surface area contributed by atoms with Gasteiger partial charge >= 0.3 is 6.18 Å². The summed E-state index contributed by atoms with van der Waals surface area (Å²) in [7, 11) is 0. The van der Waals surface area contributed by atoms with Crippen LogP contribution < -0.4 is 0 Å². The Morgan fingerprint density at radius 3 is 2.76 bits per heavy atom. The fourth-order valence-electron chi connectivity index (χ4n) is 2.42. The lowest BCUT2D eigenvalue weighted by Crippen LogP contribution is -2.45. The maximum Gasteiger partial charge on any atom is 0.393 e. The summed E-state index contributed by atoms with van der Waals surface area (Å²) in [5.74, 6) is -2.49. The second-order valence-electron chi connectivity index (χ2n) is 5.13. The molecule has 0 N–H and O–H groups in total. The molecule has 1 atom stereocenters. The minimum Gasteiger partial charge on any atom is -0.342 e. The zero-order valence-electron chi connectivity index (χ0n) is 11.1. The molecule has 0 saturated carbocycles. The van der Waals surface area contributed by atoms with Crippen LogP contribution in [0.25, 0.3) is 0 Å². The van der Waals surface area contributed by atoms with E-state index in [4.69, 9.17) is 0 Å². The van der Waals surface area contributed by atoms with Crippen LogP contribution in [0.4, 0.5) is 17.6 Å². The lowest BCUT2D eigenvalue weighted by molar-refractivity contribution is -0.187. The summed E-state index contributed by atoms with van der Waals surface area (Å²) in [6.07, 6.45) is -4.16. The van der Waals surface area contributed by atoms with Crippen LogP contribution in [0.1, 0.15) is 18.4 Å². The van der Waals surface area contributed by atoms with E-state index in [0.29, 0.717) is 17.4 Å². The highest BCUT2D eigenvalue weighted by atomic mass is 79.9. The van der Waals surface area contributed by atoms with Gasteiger partial charge in [-0.2, -0.15) is 13.2 Å². The molecule has 1 fully saturated rings. The number of carbonyl (C=O) groups is 1. The molecule has 1 saturated heterocycles. The van der Waals surface area contributed by atoms with Crippen molar-refractivity contribution in [2.24, 2.45) is 5.92 Å². The number of hydrogen-bond acceptors (Lipinski definition) is 1. The molecular weight excluding hydrogens is 354 g/mol. The first-order valence-electron chi connectivity index (χ1n) is 6.56. The lowest BCUT2D eigenvalue weighted by atomic mass is 9.97. The summed E-state index contributed by atoms with van der Waals surface area (Å²) in [4.78, 5) is 13.3. The van der Waals surface area contributed by atoms with Crippen LogP contribution in [0.2, 0.25) is 0 Å². The third-order valence-electron chi connectivity index (χ3n) is 3.59. The second kappa shape index (κ2) is 6.34. The molecule has 0 aliphatic carbocycles. The number of halogens is 5. The van der Waals surface area contributed by atoms with Crippen LogP contribution in [-0.2, 0) is 11.2 Å². The number of piperidine rings is 1. The Bertz CT molecular complexity index is 532. The largest absolute Gasteiger partial charge is 0.393 e. The molecule has 0 aromatic heterocycles. The molecule has 1 aromatic rings. The number of likely N-dealkylation sites (tertiary alicyclic amines) is 1. The predicted molar refractivity (Wildman–Crippen MR) is 73.2 cm³/mol. The SMILES string of the molecule is O=C(Cc1cc(Br)ccc1F)N1CCCC(C(F)(F)F)C1. The van der Waals surface area contributed by atoms with Gasteiger partial charge in [-0.3, -0.25) is 4.79 Å². The molecule has 1 heterocycles. The van der Waals surface area contributed by atoms with Gasteiger partial charge in [0.05, 0.1) is 12.3 Å². The predicted octanol–water partition coefficient (Wildman–Crippen LogP) is 3.93. The van der Waals surface area contributed by atoms with Crippen LogP contribution >= 0.6 is 15.9 Å². The number of nitrogens with zero attached hydrogens (tertiary/aromatic N) is 1. The summed E-state index contributed by atoms with van der Waals surface area (Å²) in [5.41, 5.74) is 0.184. The van der Waals surface area contributed by atoms with Gasteiger partial charge in [0.2, 0.25) is 5.91 Å². The van der Waals surface area contributed by atoms with Crippen LogP contribution in [0, 0.1) is 11.7 Å². The molecule has 1 amide bonds. The molecule has 1 aliphatic heterocycles. The normalized spacial score (nSPS) is 19.7. The minimum atomic E-state index is -4.29. The number of carbonyl (C=O) groups excluding carboxylic acids is 1. The second-order valence-corrected chi connectivity index (χ2v) is 6.05. The van der Waals surface area contributed by atoms with Gasteiger partial charge in [-0.25, -0.2) is 4.39 Å². The number of rotatable bonds is 2. The summed E-state index contributed by atoms with van der Waals surface area (Å²) >= 11 is 3.18. The van der Waals surface area contributed by atoms with Crippen molar-refractivity contribution in [1.29, 1.82) is 0 Å². The Morgan fingerprint density at radius 2 is 2.10 bits per heavy atom. The molecule has 0 radical (unpaired) electrons. The van der Waals surface area contributed by atoms with Crippen molar-refractivity contribution in [2.75, 3.05) is 13.1 Å². The van der Waals surface area contributed by atoms with Gasteiger partial charge in [-0.1, -0.05) is 15.9 Å². The monoisotopic (exact) mass is 367 g/mol. The van der Waals surface area contributed by atoms with Crippen LogP contribution in [0.5, 0.6) is 0 Å². The van der Waals surface area contributed by atoms with E-state index in [-0.39, 0.29) is 24.9 Å². The van der Waals surface area contributed by atoms with Crippen molar-refractivity contribution in [3.05, 3.63) is 34.1 Å². The van der Waals surface area contributed by atoms with Gasteiger partial charge in [0, 0.05) is 17.6 Å². The summed E-state index contributed by atoms with van der Waals surface area (Å²) in [6.45, 7) is -0.0427. The smallest absolute Gasteiger partial charge is 0.342 e. The van der Waals surface area contributed by atoms with Gasteiger partial charge < -0.3 is 4.90 Å². The molecule has 2 nitrogen and oxygen atoms in total. The zero-order valence-corrected chi connectivity index (χ0v) is 12.7. The Kier molecular flexibility index (Phi) is 4.91. The molecule has 7 heteroatoms. The first kappa shape index (κ1) is 16.3. The highest BCUT2D eigenvalue weighted by Gasteiger charge is 2.42. The third-order valence-corrected chi connectivity index (χ3v) is 4.08. The van der Waals surface area contributed by atoms with Crippen LogP contribution in [0.3, 0.4) is 0 Å². The third kappa shape index (κ3) is 4.18. The molecule has 116 valence electrons. The Labute approximate surface area is 128 Å². The fraction of sp³-hybridized carbons (Fsp3) is 0.500. The van der Waals surface area contributed by atoms with Crippen molar-refractivity contribution in [2.45, 2.75) is 25.4 Å². The fourth-order valence-corrected chi connectivity index (χ4v) is 2.83. The number of hydrogen-bond donors (Lipinski definition) is 0. The van der Waals surface area contributed by atoms with E-state index >= 15 is 0 Å². The highest BCUT2D eigenvalue weighted by Crippen LogP contribution is 2.33. The first-order chi connectivity index (χ1) is 9.77. The highest BCUT2D eigenvalue weighted by molar-refractivity contribution is 9.10. The van der Waals surface area contributed by atoms with E-state index in [1.54, 1.807) is 0 Å². The molecular formula is C14H14BrF4NO. The molecule has 21 heavy (non-hydrogen) atoms. The van der Waals surface area contributed by atoms with Gasteiger partial charge in [0.1, 0.15) is 5.82 Å². The van der Waals surface area contributed by atoms with Gasteiger partial charge in [0.25, 0.3) is 0 Å².